The minimum absolute atomic E-state index is 0.00153. The molecule has 0 heterocycles. The summed E-state index contributed by atoms with van der Waals surface area (Å²) in [4.78, 5) is 21.2. The molecule has 0 aromatic heterocycles. The molecular weight excluding hydrogens is 210 g/mol. The number of hydrogen-bond donors (Lipinski definition) is 0. The molecule has 16 heavy (non-hydrogen) atoms. The zero-order valence-corrected chi connectivity index (χ0v) is 9.17. The fraction of sp³-hybridized carbons (Fsp3) is 0.364. The summed E-state index contributed by atoms with van der Waals surface area (Å²) in [6.07, 6.45) is -0.111. The molecule has 0 aliphatic heterocycles. The van der Waals surface area contributed by atoms with Gasteiger partial charge in [-0.05, 0) is 19.1 Å². The first-order valence-corrected chi connectivity index (χ1v) is 4.98. The second kappa shape index (κ2) is 5.25. The Morgan fingerprint density at radius 2 is 2.00 bits per heavy atom. The Kier molecular flexibility index (Phi) is 3.99. The Morgan fingerprint density at radius 3 is 2.44 bits per heavy atom. The monoisotopic (exact) mass is 223 g/mol. The molecule has 0 amide bonds. The molecule has 0 aliphatic rings. The van der Waals surface area contributed by atoms with Gasteiger partial charge in [-0.25, -0.2) is 0 Å². The van der Waals surface area contributed by atoms with E-state index in [2.05, 4.69) is 0 Å². The Balaban J connectivity index is 2.68. The predicted octanol–water partition coefficient (Wildman–Crippen LogP) is 2.34. The standard InChI is InChI=1S/C11H13NO4/c1-3-11(13)8(2)16-10-6-4-9(5-7-10)12(14)15/h4-8H,3H2,1-2H3. The number of ether oxygens (including phenoxy) is 1. The third-order valence-electron chi connectivity index (χ3n) is 2.16. The van der Waals surface area contributed by atoms with Gasteiger partial charge in [0, 0.05) is 18.6 Å². The second-order valence-corrected chi connectivity index (χ2v) is 3.33. The van der Waals surface area contributed by atoms with Crippen molar-refractivity contribution >= 4 is 11.5 Å². The summed E-state index contributed by atoms with van der Waals surface area (Å²) < 4.78 is 5.33. The first kappa shape index (κ1) is 12.2. The lowest BCUT2D eigenvalue weighted by atomic mass is 10.2. The molecule has 86 valence electrons. The van der Waals surface area contributed by atoms with Crippen LogP contribution in [0.5, 0.6) is 5.75 Å². The molecule has 1 unspecified atom stereocenters. The van der Waals surface area contributed by atoms with Crippen molar-refractivity contribution in [2.24, 2.45) is 0 Å². The summed E-state index contributed by atoms with van der Waals surface area (Å²) in [6, 6.07) is 5.66. The second-order valence-electron chi connectivity index (χ2n) is 3.33. The molecule has 1 aromatic rings. The Bertz CT molecular complexity index is 385. The number of carbonyl (C=O) groups excluding carboxylic acids is 1. The van der Waals surface area contributed by atoms with Crippen LogP contribution >= 0.6 is 0 Å². The number of nitrogens with zero attached hydrogens (tertiary/aromatic N) is 1. The molecule has 0 spiro atoms. The van der Waals surface area contributed by atoms with Crippen molar-refractivity contribution in [2.45, 2.75) is 26.4 Å². The van der Waals surface area contributed by atoms with Gasteiger partial charge in [0.25, 0.3) is 5.69 Å². The summed E-state index contributed by atoms with van der Waals surface area (Å²) in [5.74, 6) is 0.457. The topological polar surface area (TPSA) is 69.4 Å². The Labute approximate surface area is 93.2 Å². The van der Waals surface area contributed by atoms with Crippen molar-refractivity contribution in [3.8, 4) is 5.75 Å². The number of hydrogen-bond acceptors (Lipinski definition) is 4. The average molecular weight is 223 g/mol. The highest BCUT2D eigenvalue weighted by atomic mass is 16.6. The zero-order valence-electron chi connectivity index (χ0n) is 9.17. The molecule has 1 rings (SSSR count). The summed E-state index contributed by atoms with van der Waals surface area (Å²) in [6.45, 7) is 3.42. The van der Waals surface area contributed by atoms with Gasteiger partial charge >= 0.3 is 0 Å². The molecule has 0 bridgehead atoms. The number of benzene rings is 1. The summed E-state index contributed by atoms with van der Waals surface area (Å²) in [5, 5.41) is 10.4. The number of ketones is 1. The minimum Gasteiger partial charge on any atom is -0.483 e. The van der Waals surface area contributed by atoms with Gasteiger partial charge in [0.05, 0.1) is 4.92 Å². The molecule has 0 N–H and O–H groups in total. The number of rotatable bonds is 5. The van der Waals surface area contributed by atoms with Gasteiger partial charge in [-0.2, -0.15) is 0 Å². The van der Waals surface area contributed by atoms with Crippen molar-refractivity contribution < 1.29 is 14.5 Å². The molecule has 1 atom stereocenters. The lowest BCUT2D eigenvalue weighted by Crippen LogP contribution is -2.22. The van der Waals surface area contributed by atoms with Crippen LogP contribution in [-0.2, 0) is 4.79 Å². The normalized spacial score (nSPS) is 11.9. The average Bonchev–Trinajstić information content (AvgIpc) is 2.28. The maximum Gasteiger partial charge on any atom is 0.269 e. The van der Waals surface area contributed by atoms with E-state index >= 15 is 0 Å². The van der Waals surface area contributed by atoms with E-state index in [4.69, 9.17) is 4.74 Å². The highest BCUT2D eigenvalue weighted by Gasteiger charge is 2.12. The number of non-ortho nitro benzene ring substituents is 1. The highest BCUT2D eigenvalue weighted by molar-refractivity contribution is 5.82. The van der Waals surface area contributed by atoms with Gasteiger partial charge < -0.3 is 4.74 Å². The fourth-order valence-corrected chi connectivity index (χ4v) is 1.20. The smallest absolute Gasteiger partial charge is 0.269 e. The van der Waals surface area contributed by atoms with Gasteiger partial charge in [0.15, 0.2) is 11.9 Å². The summed E-state index contributed by atoms with van der Waals surface area (Å²) in [7, 11) is 0. The van der Waals surface area contributed by atoms with Crippen LogP contribution in [0.1, 0.15) is 20.3 Å². The van der Waals surface area contributed by atoms with E-state index in [0.29, 0.717) is 12.2 Å². The predicted molar refractivity (Wildman–Crippen MR) is 58.5 cm³/mol. The lowest BCUT2D eigenvalue weighted by molar-refractivity contribution is -0.384. The highest BCUT2D eigenvalue weighted by Crippen LogP contribution is 2.18. The molecule has 0 fully saturated rings. The first-order chi connectivity index (χ1) is 7.54. The minimum atomic E-state index is -0.522. The number of carbonyl (C=O) groups is 1. The van der Waals surface area contributed by atoms with E-state index in [1.54, 1.807) is 13.8 Å². The summed E-state index contributed by atoms with van der Waals surface area (Å²) >= 11 is 0. The van der Waals surface area contributed by atoms with E-state index in [9.17, 15) is 14.9 Å². The number of nitro benzene ring substituents is 1. The van der Waals surface area contributed by atoms with E-state index in [1.807, 2.05) is 0 Å². The van der Waals surface area contributed by atoms with Gasteiger partial charge in [-0.15, -0.1) is 0 Å². The van der Waals surface area contributed by atoms with Crippen LogP contribution in [-0.4, -0.2) is 16.8 Å². The lowest BCUT2D eigenvalue weighted by Gasteiger charge is -2.12. The van der Waals surface area contributed by atoms with Gasteiger partial charge in [-0.1, -0.05) is 6.92 Å². The third kappa shape index (κ3) is 3.05. The van der Waals surface area contributed by atoms with Crippen LogP contribution in [0.2, 0.25) is 0 Å². The van der Waals surface area contributed by atoms with Crippen LogP contribution in [0.4, 0.5) is 5.69 Å². The Hall–Kier alpha value is -1.91. The van der Waals surface area contributed by atoms with Crippen LogP contribution in [0, 0.1) is 10.1 Å². The summed E-state index contributed by atoms with van der Waals surface area (Å²) in [5.41, 5.74) is 0.00169. The molecule has 1 aromatic carbocycles. The maximum atomic E-state index is 11.3. The van der Waals surface area contributed by atoms with Gasteiger partial charge in [0.1, 0.15) is 5.75 Å². The molecule has 5 heteroatoms. The van der Waals surface area contributed by atoms with Crippen molar-refractivity contribution in [3.05, 3.63) is 34.4 Å². The van der Waals surface area contributed by atoms with Crippen LogP contribution in [0.25, 0.3) is 0 Å². The first-order valence-electron chi connectivity index (χ1n) is 4.98. The van der Waals surface area contributed by atoms with E-state index in [-0.39, 0.29) is 11.5 Å². The van der Waals surface area contributed by atoms with E-state index in [1.165, 1.54) is 24.3 Å². The van der Waals surface area contributed by atoms with Gasteiger partial charge in [0.2, 0.25) is 0 Å². The maximum absolute atomic E-state index is 11.3. The molecule has 5 nitrogen and oxygen atoms in total. The molecule has 0 saturated heterocycles. The molecular formula is C11H13NO4. The van der Waals surface area contributed by atoms with Crippen LogP contribution in [0.15, 0.2) is 24.3 Å². The molecule has 0 radical (unpaired) electrons. The quantitative estimate of drug-likeness (QED) is 0.567. The SMILES string of the molecule is CCC(=O)C(C)Oc1ccc([N+](=O)[O-])cc1. The number of nitro groups is 1. The van der Waals surface area contributed by atoms with E-state index in [0.717, 1.165) is 0 Å². The van der Waals surface area contributed by atoms with Crippen molar-refractivity contribution in [3.63, 3.8) is 0 Å². The van der Waals surface area contributed by atoms with Gasteiger partial charge in [-0.3, -0.25) is 14.9 Å². The fourth-order valence-electron chi connectivity index (χ4n) is 1.20. The molecule has 0 saturated carbocycles. The van der Waals surface area contributed by atoms with Crippen LogP contribution < -0.4 is 4.74 Å². The van der Waals surface area contributed by atoms with Crippen molar-refractivity contribution in [2.75, 3.05) is 0 Å². The van der Waals surface area contributed by atoms with Crippen molar-refractivity contribution in [1.82, 2.24) is 0 Å². The van der Waals surface area contributed by atoms with Crippen LogP contribution in [0.3, 0.4) is 0 Å². The molecule has 0 aliphatic carbocycles. The van der Waals surface area contributed by atoms with Crippen molar-refractivity contribution in [1.29, 1.82) is 0 Å². The Morgan fingerprint density at radius 1 is 1.44 bits per heavy atom. The number of Topliss-reactive ketones (excluding diaryl/α,β-unsaturated/α-hetero) is 1. The third-order valence-corrected chi connectivity index (χ3v) is 2.16. The zero-order chi connectivity index (χ0) is 12.1. The largest absolute Gasteiger partial charge is 0.483 e. The van der Waals surface area contributed by atoms with E-state index < -0.39 is 11.0 Å².